The highest BCUT2D eigenvalue weighted by Crippen LogP contribution is 2.30. The van der Waals surface area contributed by atoms with Gasteiger partial charge >= 0.3 is 0 Å². The number of hydrogen-bond donors (Lipinski definition) is 1. The smallest absolute Gasteiger partial charge is 0.0577 e. The highest BCUT2D eigenvalue weighted by Gasteiger charge is 2.21. The fraction of sp³-hybridized carbons (Fsp3) is 1.00. The molecule has 2 rings (SSSR count). The molecule has 0 spiro atoms. The Hall–Kier alpha value is -0.0800. The normalized spacial score (nSPS) is 29.8. The third-order valence-electron chi connectivity index (χ3n) is 3.93. The van der Waals surface area contributed by atoms with E-state index in [1.54, 1.807) is 0 Å². The van der Waals surface area contributed by atoms with E-state index >= 15 is 0 Å². The van der Waals surface area contributed by atoms with Crippen molar-refractivity contribution in [2.75, 3.05) is 6.61 Å². The Bertz CT molecular complexity index is 169. The van der Waals surface area contributed by atoms with Crippen LogP contribution in [0.3, 0.4) is 0 Å². The summed E-state index contributed by atoms with van der Waals surface area (Å²) in [6.45, 7) is 0.934. The number of aliphatic hydroxyl groups is 1. The molecule has 0 radical (unpaired) electrons. The van der Waals surface area contributed by atoms with E-state index in [0.29, 0.717) is 6.10 Å². The van der Waals surface area contributed by atoms with Crippen LogP contribution in [0.4, 0.5) is 0 Å². The number of hydrogen-bond acceptors (Lipinski definition) is 2. The molecule has 2 nitrogen and oxygen atoms in total. The lowest BCUT2D eigenvalue weighted by Crippen LogP contribution is -2.15. The Labute approximate surface area is 93.0 Å². The van der Waals surface area contributed by atoms with E-state index in [2.05, 4.69) is 0 Å². The highest BCUT2D eigenvalue weighted by molar-refractivity contribution is 4.73. The zero-order valence-corrected chi connectivity index (χ0v) is 9.66. The van der Waals surface area contributed by atoms with Crippen LogP contribution < -0.4 is 0 Å². The molecule has 15 heavy (non-hydrogen) atoms. The molecule has 0 bridgehead atoms. The second-order valence-electron chi connectivity index (χ2n) is 5.25. The summed E-state index contributed by atoms with van der Waals surface area (Å²) < 4.78 is 5.56. The minimum Gasteiger partial charge on any atom is -0.393 e. The van der Waals surface area contributed by atoms with Gasteiger partial charge in [-0.15, -0.1) is 0 Å². The maximum Gasteiger partial charge on any atom is 0.0577 e. The molecule has 1 saturated carbocycles. The first-order chi connectivity index (χ1) is 7.34. The molecule has 1 heterocycles. The van der Waals surface area contributed by atoms with Crippen molar-refractivity contribution in [1.29, 1.82) is 0 Å². The van der Waals surface area contributed by atoms with Crippen molar-refractivity contribution in [2.45, 2.75) is 70.0 Å². The molecular weight excluding hydrogens is 188 g/mol. The second-order valence-corrected chi connectivity index (χ2v) is 5.25. The van der Waals surface area contributed by atoms with Crippen LogP contribution in [0.5, 0.6) is 0 Å². The largest absolute Gasteiger partial charge is 0.393 e. The van der Waals surface area contributed by atoms with Gasteiger partial charge in [0, 0.05) is 6.61 Å². The van der Waals surface area contributed by atoms with Crippen molar-refractivity contribution in [1.82, 2.24) is 0 Å². The molecule has 88 valence electrons. The van der Waals surface area contributed by atoms with Crippen LogP contribution >= 0.6 is 0 Å². The van der Waals surface area contributed by atoms with Crippen LogP contribution in [0.15, 0.2) is 0 Å². The first-order valence-electron chi connectivity index (χ1n) is 6.64. The average Bonchev–Trinajstić information content (AvgIpc) is 2.86. The van der Waals surface area contributed by atoms with Crippen LogP contribution in [0, 0.1) is 5.92 Å². The Balaban J connectivity index is 1.57. The number of ether oxygens (including phenoxy) is 1. The van der Waals surface area contributed by atoms with Crippen LogP contribution in [-0.4, -0.2) is 23.9 Å². The predicted molar refractivity (Wildman–Crippen MR) is 60.8 cm³/mol. The molecule has 1 saturated heterocycles. The van der Waals surface area contributed by atoms with Crippen LogP contribution in [-0.2, 0) is 4.74 Å². The Morgan fingerprint density at radius 1 is 1.13 bits per heavy atom. The molecule has 1 N–H and O–H groups in total. The topological polar surface area (TPSA) is 29.5 Å². The Morgan fingerprint density at radius 3 is 2.60 bits per heavy atom. The van der Waals surface area contributed by atoms with Crippen LogP contribution in [0.2, 0.25) is 0 Å². The van der Waals surface area contributed by atoms with Gasteiger partial charge in [-0.1, -0.05) is 25.7 Å². The number of rotatable bonds is 5. The zero-order chi connectivity index (χ0) is 10.5. The molecule has 0 aromatic carbocycles. The quantitative estimate of drug-likeness (QED) is 0.759. The molecule has 0 aromatic rings. The third-order valence-corrected chi connectivity index (χ3v) is 3.93. The predicted octanol–water partition coefficient (Wildman–Crippen LogP) is 2.89. The molecule has 0 amide bonds. The fourth-order valence-electron chi connectivity index (χ4n) is 3.00. The van der Waals surface area contributed by atoms with E-state index in [1.807, 2.05) is 0 Å². The molecule has 1 aliphatic heterocycles. The van der Waals surface area contributed by atoms with Crippen molar-refractivity contribution in [3.63, 3.8) is 0 Å². The van der Waals surface area contributed by atoms with Gasteiger partial charge in [-0.25, -0.2) is 0 Å². The molecule has 2 aliphatic rings. The summed E-state index contributed by atoms with van der Waals surface area (Å²) in [5.74, 6) is 0.810. The van der Waals surface area contributed by atoms with Crippen LogP contribution in [0.1, 0.15) is 57.8 Å². The summed E-state index contributed by atoms with van der Waals surface area (Å²) in [5.41, 5.74) is 0. The summed E-state index contributed by atoms with van der Waals surface area (Å²) in [4.78, 5) is 0. The first kappa shape index (κ1) is 11.4. The molecule has 0 aromatic heterocycles. The van der Waals surface area contributed by atoms with Crippen molar-refractivity contribution in [3.8, 4) is 0 Å². The summed E-state index contributed by atoms with van der Waals surface area (Å²) in [6, 6.07) is 0. The lowest BCUT2D eigenvalue weighted by atomic mass is 9.96. The van der Waals surface area contributed by atoms with Gasteiger partial charge in [0.05, 0.1) is 12.2 Å². The van der Waals surface area contributed by atoms with Crippen molar-refractivity contribution < 1.29 is 9.84 Å². The summed E-state index contributed by atoms with van der Waals surface area (Å²) >= 11 is 0. The molecule has 2 unspecified atom stereocenters. The average molecular weight is 212 g/mol. The van der Waals surface area contributed by atoms with Gasteiger partial charge in [-0.2, -0.15) is 0 Å². The molecule has 1 aliphatic carbocycles. The first-order valence-corrected chi connectivity index (χ1v) is 6.64. The monoisotopic (exact) mass is 212 g/mol. The lowest BCUT2D eigenvalue weighted by Gasteiger charge is -2.17. The second kappa shape index (κ2) is 5.86. The summed E-state index contributed by atoms with van der Waals surface area (Å²) in [7, 11) is 0. The van der Waals surface area contributed by atoms with E-state index in [-0.39, 0.29) is 6.10 Å². The minimum absolute atomic E-state index is 0.0719. The maximum absolute atomic E-state index is 9.91. The molecule has 2 fully saturated rings. The summed E-state index contributed by atoms with van der Waals surface area (Å²) in [5, 5.41) is 9.91. The SMILES string of the molecule is OC(CCC1CCCO1)CC1CCCC1. The van der Waals surface area contributed by atoms with E-state index in [1.165, 1.54) is 38.5 Å². The van der Waals surface area contributed by atoms with Gasteiger partial charge in [0.1, 0.15) is 0 Å². The van der Waals surface area contributed by atoms with E-state index in [0.717, 1.165) is 31.8 Å². The van der Waals surface area contributed by atoms with E-state index in [4.69, 9.17) is 4.74 Å². The van der Waals surface area contributed by atoms with E-state index < -0.39 is 0 Å². The third kappa shape index (κ3) is 3.76. The molecule has 2 heteroatoms. The number of aliphatic hydroxyl groups excluding tert-OH is 1. The van der Waals surface area contributed by atoms with Crippen molar-refractivity contribution in [2.24, 2.45) is 5.92 Å². The van der Waals surface area contributed by atoms with Crippen LogP contribution in [0.25, 0.3) is 0 Å². The fourth-order valence-corrected chi connectivity index (χ4v) is 3.00. The Kier molecular flexibility index (Phi) is 4.45. The Morgan fingerprint density at radius 2 is 1.93 bits per heavy atom. The molecular formula is C13H24O2. The van der Waals surface area contributed by atoms with Gasteiger partial charge in [0.25, 0.3) is 0 Å². The van der Waals surface area contributed by atoms with Crippen molar-refractivity contribution >= 4 is 0 Å². The van der Waals surface area contributed by atoms with Gasteiger partial charge in [0.15, 0.2) is 0 Å². The zero-order valence-electron chi connectivity index (χ0n) is 9.66. The lowest BCUT2D eigenvalue weighted by molar-refractivity contribution is 0.0737. The summed E-state index contributed by atoms with van der Waals surface area (Å²) in [6.07, 6.45) is 11.3. The van der Waals surface area contributed by atoms with Gasteiger partial charge in [-0.05, 0) is 38.0 Å². The maximum atomic E-state index is 9.91. The van der Waals surface area contributed by atoms with Gasteiger partial charge in [0.2, 0.25) is 0 Å². The van der Waals surface area contributed by atoms with Crippen molar-refractivity contribution in [3.05, 3.63) is 0 Å². The standard InChI is InChI=1S/C13H24O2/c14-12(10-11-4-1-2-5-11)7-8-13-6-3-9-15-13/h11-14H,1-10H2. The van der Waals surface area contributed by atoms with Gasteiger partial charge in [-0.3, -0.25) is 0 Å². The molecule has 2 atom stereocenters. The van der Waals surface area contributed by atoms with E-state index in [9.17, 15) is 5.11 Å². The van der Waals surface area contributed by atoms with Gasteiger partial charge < -0.3 is 9.84 Å². The minimum atomic E-state index is -0.0719. The highest BCUT2D eigenvalue weighted by atomic mass is 16.5.